The summed E-state index contributed by atoms with van der Waals surface area (Å²) in [5, 5.41) is 0. The number of benzene rings is 1. The number of amides is 1. The Balaban J connectivity index is 2.18. The number of methoxy groups -OCH3 is 1. The molecule has 5 heteroatoms. The zero-order chi connectivity index (χ0) is 14.0. The van der Waals surface area contributed by atoms with Crippen LogP contribution in [0.1, 0.15) is 16.8 Å². The Morgan fingerprint density at radius 2 is 2.21 bits per heavy atom. The Morgan fingerprint density at radius 1 is 1.47 bits per heavy atom. The van der Waals surface area contributed by atoms with E-state index in [0.717, 1.165) is 25.2 Å². The van der Waals surface area contributed by atoms with Gasteiger partial charge in [0, 0.05) is 39.9 Å². The average molecular weight is 263 g/mol. The number of rotatable bonds is 3. The van der Waals surface area contributed by atoms with Crippen molar-refractivity contribution >= 4 is 17.3 Å². The number of nitrogen functional groups attached to an aromatic ring is 1. The predicted molar refractivity (Wildman–Crippen MR) is 76.5 cm³/mol. The minimum atomic E-state index is -0.0329. The molecule has 1 aliphatic heterocycles. The fourth-order valence-corrected chi connectivity index (χ4v) is 2.37. The van der Waals surface area contributed by atoms with Crippen LogP contribution in [-0.4, -0.2) is 51.2 Å². The maximum absolute atomic E-state index is 11.9. The van der Waals surface area contributed by atoms with Gasteiger partial charge in [0.1, 0.15) is 0 Å². The van der Waals surface area contributed by atoms with Gasteiger partial charge in [-0.25, -0.2) is 0 Å². The monoisotopic (exact) mass is 263 g/mol. The summed E-state index contributed by atoms with van der Waals surface area (Å²) in [5.41, 5.74) is 8.32. The lowest BCUT2D eigenvalue weighted by molar-refractivity contribution is 0.0827. The molecule has 1 atom stereocenters. The van der Waals surface area contributed by atoms with Crippen LogP contribution in [0.2, 0.25) is 0 Å². The third-order valence-electron chi connectivity index (χ3n) is 3.50. The van der Waals surface area contributed by atoms with Crippen molar-refractivity contribution in [1.82, 2.24) is 4.90 Å². The first-order chi connectivity index (χ1) is 9.02. The second-order valence-electron chi connectivity index (χ2n) is 5.07. The summed E-state index contributed by atoms with van der Waals surface area (Å²) in [6.07, 6.45) is 1.27. The Bertz CT molecular complexity index is 474. The summed E-state index contributed by atoms with van der Waals surface area (Å²) in [4.78, 5) is 15.6. The molecule has 1 saturated heterocycles. The third-order valence-corrected chi connectivity index (χ3v) is 3.50. The molecule has 2 rings (SSSR count). The Kier molecular flexibility index (Phi) is 3.95. The first-order valence-corrected chi connectivity index (χ1v) is 6.42. The van der Waals surface area contributed by atoms with Gasteiger partial charge in [0.05, 0.1) is 17.5 Å². The number of ether oxygens (including phenoxy) is 1. The Hall–Kier alpha value is -1.75. The number of nitrogens with zero attached hydrogens (tertiary/aromatic N) is 2. The SMILES string of the molecule is COC1CCN(c2ccc(C(=O)N(C)C)cc2N)C1. The fourth-order valence-electron chi connectivity index (χ4n) is 2.37. The van der Waals surface area contributed by atoms with E-state index in [0.29, 0.717) is 11.3 Å². The number of hydrogen-bond donors (Lipinski definition) is 1. The van der Waals surface area contributed by atoms with Crippen LogP contribution in [0, 0.1) is 0 Å². The van der Waals surface area contributed by atoms with Crippen molar-refractivity contribution in [3.05, 3.63) is 23.8 Å². The first-order valence-electron chi connectivity index (χ1n) is 6.42. The lowest BCUT2D eigenvalue weighted by atomic mass is 10.1. The zero-order valence-electron chi connectivity index (χ0n) is 11.7. The number of carbonyl (C=O) groups excluding carboxylic acids is 1. The molecule has 0 saturated carbocycles. The van der Waals surface area contributed by atoms with Crippen molar-refractivity contribution in [2.45, 2.75) is 12.5 Å². The molecular weight excluding hydrogens is 242 g/mol. The van der Waals surface area contributed by atoms with Crippen LogP contribution in [0.15, 0.2) is 18.2 Å². The maximum atomic E-state index is 11.9. The highest BCUT2D eigenvalue weighted by Gasteiger charge is 2.24. The van der Waals surface area contributed by atoms with Gasteiger partial charge in [-0.15, -0.1) is 0 Å². The number of carbonyl (C=O) groups is 1. The summed E-state index contributed by atoms with van der Waals surface area (Å²) >= 11 is 0. The number of hydrogen-bond acceptors (Lipinski definition) is 4. The molecule has 1 heterocycles. The third kappa shape index (κ3) is 2.81. The van der Waals surface area contributed by atoms with Gasteiger partial charge in [-0.1, -0.05) is 0 Å². The molecule has 0 aliphatic carbocycles. The minimum absolute atomic E-state index is 0.0329. The number of anilines is 2. The Labute approximate surface area is 113 Å². The molecule has 1 aromatic carbocycles. The summed E-state index contributed by atoms with van der Waals surface area (Å²) in [7, 11) is 5.20. The topological polar surface area (TPSA) is 58.8 Å². The second kappa shape index (κ2) is 5.48. The molecule has 19 heavy (non-hydrogen) atoms. The average Bonchev–Trinajstić information content (AvgIpc) is 2.86. The summed E-state index contributed by atoms with van der Waals surface area (Å²) in [5.74, 6) is -0.0329. The van der Waals surface area contributed by atoms with Gasteiger partial charge in [-0.05, 0) is 24.6 Å². The van der Waals surface area contributed by atoms with Crippen molar-refractivity contribution < 1.29 is 9.53 Å². The summed E-state index contributed by atoms with van der Waals surface area (Å²) in [6, 6.07) is 5.50. The normalized spacial score (nSPS) is 18.7. The molecule has 0 aromatic heterocycles. The van der Waals surface area contributed by atoms with E-state index < -0.39 is 0 Å². The molecule has 0 radical (unpaired) electrons. The van der Waals surface area contributed by atoms with E-state index in [-0.39, 0.29) is 12.0 Å². The van der Waals surface area contributed by atoms with Gasteiger partial charge in [-0.2, -0.15) is 0 Å². The second-order valence-corrected chi connectivity index (χ2v) is 5.07. The molecular formula is C14H21N3O2. The van der Waals surface area contributed by atoms with E-state index in [2.05, 4.69) is 4.90 Å². The van der Waals surface area contributed by atoms with Crippen LogP contribution < -0.4 is 10.6 Å². The van der Waals surface area contributed by atoms with Gasteiger partial charge in [0.15, 0.2) is 0 Å². The van der Waals surface area contributed by atoms with Crippen LogP contribution in [0.4, 0.5) is 11.4 Å². The molecule has 104 valence electrons. The number of nitrogens with two attached hydrogens (primary N) is 1. The van der Waals surface area contributed by atoms with E-state index in [1.54, 1.807) is 32.2 Å². The molecule has 0 bridgehead atoms. The van der Waals surface area contributed by atoms with Gasteiger partial charge >= 0.3 is 0 Å². The van der Waals surface area contributed by atoms with Crippen LogP contribution in [0.25, 0.3) is 0 Å². The minimum Gasteiger partial charge on any atom is -0.397 e. The highest BCUT2D eigenvalue weighted by molar-refractivity contribution is 5.95. The zero-order valence-corrected chi connectivity index (χ0v) is 11.7. The van der Waals surface area contributed by atoms with E-state index in [9.17, 15) is 4.79 Å². The largest absolute Gasteiger partial charge is 0.397 e. The van der Waals surface area contributed by atoms with E-state index in [1.165, 1.54) is 0 Å². The lowest BCUT2D eigenvalue weighted by Crippen LogP contribution is -2.24. The smallest absolute Gasteiger partial charge is 0.253 e. The van der Waals surface area contributed by atoms with E-state index in [1.807, 2.05) is 12.1 Å². The van der Waals surface area contributed by atoms with Gasteiger partial charge in [0.2, 0.25) is 0 Å². The first kappa shape index (κ1) is 13.7. The van der Waals surface area contributed by atoms with E-state index >= 15 is 0 Å². The molecule has 1 aromatic rings. The molecule has 1 unspecified atom stereocenters. The van der Waals surface area contributed by atoms with Crippen molar-refractivity contribution in [3.8, 4) is 0 Å². The molecule has 2 N–H and O–H groups in total. The van der Waals surface area contributed by atoms with Crippen molar-refractivity contribution in [1.29, 1.82) is 0 Å². The van der Waals surface area contributed by atoms with Gasteiger partial charge in [-0.3, -0.25) is 4.79 Å². The van der Waals surface area contributed by atoms with Crippen LogP contribution in [0.5, 0.6) is 0 Å². The van der Waals surface area contributed by atoms with Crippen molar-refractivity contribution in [2.24, 2.45) is 0 Å². The molecule has 0 spiro atoms. The van der Waals surface area contributed by atoms with Gasteiger partial charge < -0.3 is 20.3 Å². The predicted octanol–water partition coefficient (Wildman–Crippen LogP) is 1.20. The lowest BCUT2D eigenvalue weighted by Gasteiger charge is -2.21. The highest BCUT2D eigenvalue weighted by atomic mass is 16.5. The van der Waals surface area contributed by atoms with Crippen LogP contribution in [0.3, 0.4) is 0 Å². The van der Waals surface area contributed by atoms with Gasteiger partial charge in [0.25, 0.3) is 5.91 Å². The van der Waals surface area contributed by atoms with Crippen molar-refractivity contribution in [3.63, 3.8) is 0 Å². The molecule has 5 nitrogen and oxygen atoms in total. The van der Waals surface area contributed by atoms with E-state index in [4.69, 9.17) is 10.5 Å². The quantitative estimate of drug-likeness (QED) is 0.832. The Morgan fingerprint density at radius 3 is 2.74 bits per heavy atom. The van der Waals surface area contributed by atoms with Crippen molar-refractivity contribution in [2.75, 3.05) is 44.9 Å². The summed E-state index contributed by atoms with van der Waals surface area (Å²) < 4.78 is 5.35. The highest BCUT2D eigenvalue weighted by Crippen LogP contribution is 2.28. The molecule has 1 amide bonds. The van der Waals surface area contributed by atoms with Crippen LogP contribution >= 0.6 is 0 Å². The molecule has 1 fully saturated rings. The summed E-state index contributed by atoms with van der Waals surface area (Å²) in [6.45, 7) is 1.78. The fraction of sp³-hybridized carbons (Fsp3) is 0.500. The van der Waals surface area contributed by atoms with Crippen LogP contribution in [-0.2, 0) is 4.74 Å². The molecule has 1 aliphatic rings. The maximum Gasteiger partial charge on any atom is 0.253 e. The standard InChI is InChI=1S/C14H21N3O2/c1-16(2)14(18)10-4-5-13(12(15)8-10)17-7-6-11(9-17)19-3/h4-5,8,11H,6-7,9,15H2,1-3H3.